The van der Waals surface area contributed by atoms with Crippen molar-refractivity contribution in [2.45, 2.75) is 20.4 Å². The second-order valence-electron chi connectivity index (χ2n) is 4.88. The molecular formula is C16H15N3OS. The Morgan fingerprint density at radius 3 is 2.76 bits per heavy atom. The minimum atomic E-state index is 0.0476. The lowest BCUT2D eigenvalue weighted by Crippen LogP contribution is -1.99. The highest BCUT2D eigenvalue weighted by molar-refractivity contribution is 7.14. The molecule has 5 heteroatoms. The van der Waals surface area contributed by atoms with E-state index in [9.17, 15) is 4.79 Å². The predicted octanol–water partition coefficient (Wildman–Crippen LogP) is 3.57. The van der Waals surface area contributed by atoms with Gasteiger partial charge in [0.1, 0.15) is 0 Å². The fourth-order valence-corrected chi connectivity index (χ4v) is 3.04. The number of Topliss-reactive ketones (excluding diaryl/α,β-unsaturated/α-hetero) is 1. The number of aromatic nitrogens is 3. The number of nitrogens with zero attached hydrogens (tertiary/aromatic N) is 3. The molecule has 0 radical (unpaired) electrons. The first kappa shape index (κ1) is 13.7. The third-order valence-electron chi connectivity index (χ3n) is 3.15. The SMILES string of the molecule is CC(=O)c1sc(C)nc1-c1cnn(Cc2ccccc2)c1. The molecule has 0 unspecified atom stereocenters. The van der Waals surface area contributed by atoms with Gasteiger partial charge in [0, 0.05) is 18.7 Å². The maximum absolute atomic E-state index is 11.7. The van der Waals surface area contributed by atoms with Gasteiger partial charge in [-0.15, -0.1) is 11.3 Å². The Morgan fingerprint density at radius 2 is 2.05 bits per heavy atom. The number of carbonyl (C=O) groups excluding carboxylic acids is 1. The van der Waals surface area contributed by atoms with Crippen LogP contribution >= 0.6 is 11.3 Å². The van der Waals surface area contributed by atoms with E-state index in [0.29, 0.717) is 11.4 Å². The summed E-state index contributed by atoms with van der Waals surface area (Å²) < 4.78 is 1.86. The van der Waals surface area contributed by atoms with Crippen LogP contribution in [0.25, 0.3) is 11.3 Å². The zero-order valence-electron chi connectivity index (χ0n) is 11.9. The molecule has 0 N–H and O–H groups in total. The van der Waals surface area contributed by atoms with Crippen LogP contribution in [0.2, 0.25) is 0 Å². The summed E-state index contributed by atoms with van der Waals surface area (Å²) in [6.07, 6.45) is 3.71. The van der Waals surface area contributed by atoms with Crippen LogP contribution < -0.4 is 0 Å². The van der Waals surface area contributed by atoms with Gasteiger partial charge in [-0.1, -0.05) is 30.3 Å². The molecule has 0 amide bonds. The van der Waals surface area contributed by atoms with Crippen LogP contribution in [0, 0.1) is 6.92 Å². The van der Waals surface area contributed by atoms with E-state index in [4.69, 9.17) is 0 Å². The molecule has 21 heavy (non-hydrogen) atoms. The molecule has 0 saturated carbocycles. The lowest BCUT2D eigenvalue weighted by molar-refractivity contribution is 0.102. The monoisotopic (exact) mass is 297 g/mol. The minimum absolute atomic E-state index is 0.0476. The second kappa shape index (κ2) is 5.61. The molecule has 0 atom stereocenters. The molecule has 3 rings (SSSR count). The van der Waals surface area contributed by atoms with Crippen molar-refractivity contribution in [2.24, 2.45) is 0 Å². The van der Waals surface area contributed by atoms with Gasteiger partial charge in [-0.3, -0.25) is 9.48 Å². The van der Waals surface area contributed by atoms with E-state index in [1.807, 2.05) is 36.0 Å². The Hall–Kier alpha value is -2.27. The molecular weight excluding hydrogens is 282 g/mol. The van der Waals surface area contributed by atoms with Gasteiger partial charge in [-0.05, 0) is 12.5 Å². The van der Waals surface area contributed by atoms with Gasteiger partial charge in [0.15, 0.2) is 5.78 Å². The number of hydrogen-bond acceptors (Lipinski definition) is 4. The van der Waals surface area contributed by atoms with Crippen molar-refractivity contribution < 1.29 is 4.79 Å². The Labute approximate surface area is 127 Å². The molecule has 4 nitrogen and oxygen atoms in total. The smallest absolute Gasteiger partial charge is 0.172 e. The molecule has 106 valence electrons. The van der Waals surface area contributed by atoms with E-state index in [0.717, 1.165) is 16.3 Å². The van der Waals surface area contributed by atoms with E-state index in [-0.39, 0.29) is 5.78 Å². The Balaban J connectivity index is 1.90. The molecule has 2 heterocycles. The van der Waals surface area contributed by atoms with Crippen molar-refractivity contribution in [2.75, 3.05) is 0 Å². The van der Waals surface area contributed by atoms with Crippen LogP contribution in [0.3, 0.4) is 0 Å². The molecule has 0 saturated heterocycles. The summed E-state index contributed by atoms with van der Waals surface area (Å²) in [7, 11) is 0. The average Bonchev–Trinajstić information content (AvgIpc) is 3.06. The van der Waals surface area contributed by atoms with Gasteiger partial charge in [-0.2, -0.15) is 5.10 Å². The molecule has 0 aliphatic rings. The molecule has 2 aromatic heterocycles. The molecule has 0 aliphatic heterocycles. The molecule has 0 aliphatic carbocycles. The number of ketones is 1. The molecule has 3 aromatic rings. The van der Waals surface area contributed by atoms with Gasteiger partial charge >= 0.3 is 0 Å². The average molecular weight is 297 g/mol. The number of aryl methyl sites for hydroxylation is 1. The first-order valence-electron chi connectivity index (χ1n) is 6.68. The minimum Gasteiger partial charge on any atom is -0.294 e. The van der Waals surface area contributed by atoms with Crippen molar-refractivity contribution in [3.8, 4) is 11.3 Å². The molecule has 0 fully saturated rings. The van der Waals surface area contributed by atoms with Crippen LogP contribution in [0.5, 0.6) is 0 Å². The number of hydrogen-bond donors (Lipinski definition) is 0. The number of carbonyl (C=O) groups is 1. The van der Waals surface area contributed by atoms with Gasteiger partial charge in [-0.25, -0.2) is 4.98 Å². The predicted molar refractivity (Wildman–Crippen MR) is 83.6 cm³/mol. The van der Waals surface area contributed by atoms with Gasteiger partial charge < -0.3 is 0 Å². The summed E-state index contributed by atoms with van der Waals surface area (Å²) in [6.45, 7) is 4.19. The first-order chi connectivity index (χ1) is 10.1. The molecule has 0 bridgehead atoms. The summed E-state index contributed by atoms with van der Waals surface area (Å²) in [4.78, 5) is 16.9. The highest BCUT2D eigenvalue weighted by Crippen LogP contribution is 2.28. The van der Waals surface area contributed by atoms with Crippen LogP contribution in [0.1, 0.15) is 27.2 Å². The molecule has 1 aromatic carbocycles. The summed E-state index contributed by atoms with van der Waals surface area (Å²) in [5.74, 6) is 0.0476. The summed E-state index contributed by atoms with van der Waals surface area (Å²) in [5, 5.41) is 5.26. The van der Waals surface area contributed by atoms with Gasteiger partial charge in [0.2, 0.25) is 0 Å². The van der Waals surface area contributed by atoms with Crippen LogP contribution in [0.15, 0.2) is 42.7 Å². The van der Waals surface area contributed by atoms with Crippen molar-refractivity contribution in [1.82, 2.24) is 14.8 Å². The lowest BCUT2D eigenvalue weighted by atomic mass is 10.2. The molecule has 0 spiro atoms. The maximum atomic E-state index is 11.7. The van der Waals surface area contributed by atoms with Gasteiger partial charge in [0.05, 0.1) is 28.3 Å². The summed E-state index contributed by atoms with van der Waals surface area (Å²) >= 11 is 1.43. The second-order valence-corrected chi connectivity index (χ2v) is 6.08. The third kappa shape index (κ3) is 2.92. The van der Waals surface area contributed by atoms with Crippen molar-refractivity contribution in [3.05, 3.63) is 58.2 Å². The van der Waals surface area contributed by atoms with Crippen molar-refractivity contribution in [3.63, 3.8) is 0 Å². The van der Waals surface area contributed by atoms with Crippen molar-refractivity contribution >= 4 is 17.1 Å². The van der Waals surface area contributed by atoms with E-state index in [1.165, 1.54) is 16.9 Å². The highest BCUT2D eigenvalue weighted by atomic mass is 32.1. The van der Waals surface area contributed by atoms with E-state index < -0.39 is 0 Å². The fraction of sp³-hybridized carbons (Fsp3) is 0.188. The third-order valence-corrected chi connectivity index (χ3v) is 4.22. The quantitative estimate of drug-likeness (QED) is 0.692. The lowest BCUT2D eigenvalue weighted by Gasteiger charge is -2.00. The zero-order valence-corrected chi connectivity index (χ0v) is 12.7. The Bertz CT molecular complexity index is 774. The maximum Gasteiger partial charge on any atom is 0.172 e. The topological polar surface area (TPSA) is 47.8 Å². The Morgan fingerprint density at radius 1 is 1.29 bits per heavy atom. The van der Waals surface area contributed by atoms with E-state index in [2.05, 4.69) is 22.2 Å². The summed E-state index contributed by atoms with van der Waals surface area (Å²) in [5.41, 5.74) is 2.82. The van der Waals surface area contributed by atoms with Crippen LogP contribution in [-0.4, -0.2) is 20.5 Å². The van der Waals surface area contributed by atoms with Crippen LogP contribution in [0.4, 0.5) is 0 Å². The standard InChI is InChI=1S/C16H15N3OS/c1-11(20)16-15(18-12(2)21-16)14-8-17-19(10-14)9-13-6-4-3-5-7-13/h3-8,10H,9H2,1-2H3. The number of benzene rings is 1. The largest absolute Gasteiger partial charge is 0.294 e. The zero-order chi connectivity index (χ0) is 14.8. The number of rotatable bonds is 4. The normalized spacial score (nSPS) is 10.8. The first-order valence-corrected chi connectivity index (χ1v) is 7.50. The van der Waals surface area contributed by atoms with Gasteiger partial charge in [0.25, 0.3) is 0 Å². The fourth-order valence-electron chi connectivity index (χ4n) is 2.20. The van der Waals surface area contributed by atoms with Crippen molar-refractivity contribution in [1.29, 1.82) is 0 Å². The van der Waals surface area contributed by atoms with E-state index in [1.54, 1.807) is 13.1 Å². The van der Waals surface area contributed by atoms with E-state index >= 15 is 0 Å². The highest BCUT2D eigenvalue weighted by Gasteiger charge is 2.16. The van der Waals surface area contributed by atoms with Crippen LogP contribution in [-0.2, 0) is 6.54 Å². The summed E-state index contributed by atoms with van der Waals surface area (Å²) in [6, 6.07) is 10.1. The Kier molecular flexibility index (Phi) is 3.66. The number of thiazole rings is 1.